The van der Waals surface area contributed by atoms with Crippen LogP contribution in [0.5, 0.6) is 0 Å². The molecule has 0 bridgehead atoms. The Hall–Kier alpha value is -2.47. The Balaban J connectivity index is 1.56. The molecule has 116 valence electrons. The van der Waals surface area contributed by atoms with Crippen molar-refractivity contribution < 1.29 is 4.79 Å². The average molecular weight is 325 g/mol. The van der Waals surface area contributed by atoms with Crippen LogP contribution in [0.25, 0.3) is 10.2 Å². The van der Waals surface area contributed by atoms with Crippen molar-refractivity contribution in [1.29, 1.82) is 0 Å². The number of carbonyl (C=O) groups is 1. The Morgan fingerprint density at radius 1 is 1.22 bits per heavy atom. The summed E-state index contributed by atoms with van der Waals surface area (Å²) in [5.41, 5.74) is 2.34. The number of hydrogen-bond donors (Lipinski definition) is 0. The van der Waals surface area contributed by atoms with E-state index in [0.29, 0.717) is 23.3 Å². The Bertz CT molecular complexity index is 944. The van der Waals surface area contributed by atoms with Crippen LogP contribution in [0.2, 0.25) is 0 Å². The predicted molar refractivity (Wildman–Crippen MR) is 89.4 cm³/mol. The maximum atomic E-state index is 12.5. The van der Waals surface area contributed by atoms with Crippen LogP contribution < -0.4 is 5.56 Å². The van der Waals surface area contributed by atoms with Crippen LogP contribution in [0.1, 0.15) is 11.1 Å². The Labute approximate surface area is 136 Å². The van der Waals surface area contributed by atoms with Gasteiger partial charge in [-0.25, -0.2) is 4.98 Å². The van der Waals surface area contributed by atoms with E-state index >= 15 is 0 Å². The van der Waals surface area contributed by atoms with E-state index in [-0.39, 0.29) is 18.0 Å². The number of carbonyl (C=O) groups excluding carboxylic acids is 1. The average Bonchev–Trinajstić information content (AvgIpc) is 3.06. The summed E-state index contributed by atoms with van der Waals surface area (Å²) in [4.78, 5) is 31.7. The number of rotatable bonds is 2. The number of fused-ring (bicyclic) bond motifs is 2. The summed E-state index contributed by atoms with van der Waals surface area (Å²) in [5.74, 6) is -0.0435. The maximum Gasteiger partial charge on any atom is 0.262 e. The molecule has 0 radical (unpaired) electrons. The summed E-state index contributed by atoms with van der Waals surface area (Å²) in [5, 5.41) is 2.42. The van der Waals surface area contributed by atoms with Crippen LogP contribution in [0.4, 0.5) is 0 Å². The summed E-state index contributed by atoms with van der Waals surface area (Å²) < 4.78 is 1.40. The minimum atomic E-state index is -0.151. The zero-order valence-electron chi connectivity index (χ0n) is 12.4. The fourth-order valence-electron chi connectivity index (χ4n) is 2.96. The van der Waals surface area contributed by atoms with Crippen LogP contribution >= 0.6 is 11.3 Å². The van der Waals surface area contributed by atoms with E-state index in [9.17, 15) is 9.59 Å². The van der Waals surface area contributed by atoms with Gasteiger partial charge in [-0.1, -0.05) is 24.3 Å². The van der Waals surface area contributed by atoms with Crippen molar-refractivity contribution >= 4 is 27.5 Å². The molecule has 1 aliphatic heterocycles. The molecule has 0 unspecified atom stereocenters. The fourth-order valence-corrected chi connectivity index (χ4v) is 3.68. The first-order valence-electron chi connectivity index (χ1n) is 7.49. The van der Waals surface area contributed by atoms with Gasteiger partial charge in [-0.3, -0.25) is 14.2 Å². The van der Waals surface area contributed by atoms with Crippen molar-refractivity contribution in [3.05, 3.63) is 63.5 Å². The van der Waals surface area contributed by atoms with Gasteiger partial charge in [0, 0.05) is 13.1 Å². The van der Waals surface area contributed by atoms with Crippen molar-refractivity contribution in [2.75, 3.05) is 6.54 Å². The molecule has 3 aromatic rings. The number of amides is 1. The molecule has 0 saturated heterocycles. The molecule has 1 aromatic carbocycles. The maximum absolute atomic E-state index is 12.5. The van der Waals surface area contributed by atoms with Gasteiger partial charge in [0.2, 0.25) is 5.91 Å². The molecule has 2 aromatic heterocycles. The molecule has 4 rings (SSSR count). The number of benzene rings is 1. The molecule has 1 amide bonds. The first-order chi connectivity index (χ1) is 11.2. The highest BCUT2D eigenvalue weighted by atomic mass is 32.1. The fraction of sp³-hybridized carbons (Fsp3) is 0.235. The highest BCUT2D eigenvalue weighted by Crippen LogP contribution is 2.19. The quantitative estimate of drug-likeness (QED) is 0.724. The topological polar surface area (TPSA) is 55.2 Å². The summed E-state index contributed by atoms with van der Waals surface area (Å²) in [6.07, 6.45) is 2.33. The van der Waals surface area contributed by atoms with Crippen LogP contribution in [-0.2, 0) is 24.3 Å². The van der Waals surface area contributed by atoms with Gasteiger partial charge in [0.15, 0.2) is 0 Å². The van der Waals surface area contributed by atoms with Gasteiger partial charge in [-0.15, -0.1) is 11.3 Å². The first kappa shape index (κ1) is 14.1. The summed E-state index contributed by atoms with van der Waals surface area (Å²) in [6, 6.07) is 9.94. The van der Waals surface area contributed by atoms with Crippen LogP contribution in [-0.4, -0.2) is 26.9 Å². The van der Waals surface area contributed by atoms with Crippen LogP contribution in [0.3, 0.4) is 0 Å². The molecular weight excluding hydrogens is 310 g/mol. The molecule has 3 heterocycles. The third-order valence-corrected chi connectivity index (χ3v) is 5.06. The lowest BCUT2D eigenvalue weighted by molar-refractivity contribution is -0.132. The molecule has 5 nitrogen and oxygen atoms in total. The van der Waals surface area contributed by atoms with E-state index in [1.807, 2.05) is 22.4 Å². The van der Waals surface area contributed by atoms with Gasteiger partial charge in [0.1, 0.15) is 11.4 Å². The molecule has 0 N–H and O–H groups in total. The van der Waals surface area contributed by atoms with Gasteiger partial charge < -0.3 is 4.90 Å². The molecule has 0 fully saturated rings. The van der Waals surface area contributed by atoms with E-state index in [2.05, 4.69) is 17.1 Å². The van der Waals surface area contributed by atoms with Gasteiger partial charge >= 0.3 is 0 Å². The van der Waals surface area contributed by atoms with Crippen molar-refractivity contribution in [2.24, 2.45) is 0 Å². The molecule has 0 atom stereocenters. The zero-order valence-corrected chi connectivity index (χ0v) is 13.3. The minimum Gasteiger partial charge on any atom is -0.336 e. The number of nitrogens with zero attached hydrogens (tertiary/aromatic N) is 3. The monoisotopic (exact) mass is 325 g/mol. The van der Waals surface area contributed by atoms with Crippen molar-refractivity contribution in [1.82, 2.24) is 14.5 Å². The third-order valence-electron chi connectivity index (χ3n) is 4.24. The lowest BCUT2D eigenvalue weighted by Gasteiger charge is -2.29. The predicted octanol–water partition coefficient (Wildman–Crippen LogP) is 2.04. The van der Waals surface area contributed by atoms with Gasteiger partial charge in [0.25, 0.3) is 5.56 Å². The Morgan fingerprint density at radius 2 is 2.04 bits per heavy atom. The minimum absolute atomic E-state index is 0.0415. The van der Waals surface area contributed by atoms with E-state index < -0.39 is 0 Å². The number of aromatic nitrogens is 2. The molecule has 1 aliphatic rings. The van der Waals surface area contributed by atoms with Gasteiger partial charge in [-0.2, -0.15) is 0 Å². The highest BCUT2D eigenvalue weighted by molar-refractivity contribution is 7.16. The van der Waals surface area contributed by atoms with E-state index in [1.54, 1.807) is 6.07 Å². The second kappa shape index (κ2) is 5.62. The van der Waals surface area contributed by atoms with Crippen molar-refractivity contribution in [2.45, 2.75) is 19.5 Å². The molecule has 0 saturated carbocycles. The largest absolute Gasteiger partial charge is 0.336 e. The third kappa shape index (κ3) is 2.55. The Morgan fingerprint density at radius 3 is 2.91 bits per heavy atom. The van der Waals surface area contributed by atoms with Gasteiger partial charge in [0.05, 0.1) is 11.7 Å². The SMILES string of the molecule is O=C(Cn1cnc2sccc2c1=O)N1CCc2ccccc2C1. The second-order valence-electron chi connectivity index (χ2n) is 5.65. The second-order valence-corrected chi connectivity index (χ2v) is 6.55. The summed E-state index contributed by atoms with van der Waals surface area (Å²) >= 11 is 1.43. The van der Waals surface area contributed by atoms with Crippen LogP contribution in [0.15, 0.2) is 46.8 Å². The molecule has 6 heteroatoms. The molecule has 0 spiro atoms. The zero-order chi connectivity index (χ0) is 15.8. The molecular formula is C17H15N3O2S. The van der Waals surface area contributed by atoms with Crippen molar-refractivity contribution in [3.63, 3.8) is 0 Å². The summed E-state index contributed by atoms with van der Waals surface area (Å²) in [7, 11) is 0. The van der Waals surface area contributed by atoms with E-state index in [0.717, 1.165) is 6.42 Å². The van der Waals surface area contributed by atoms with Crippen LogP contribution in [0, 0.1) is 0 Å². The molecule has 0 aliphatic carbocycles. The standard InChI is InChI=1S/C17H15N3O2S/c21-15(19-7-5-12-3-1-2-4-13(12)9-19)10-20-11-18-16-14(17(20)22)6-8-23-16/h1-4,6,8,11H,5,7,9-10H2. The lowest BCUT2D eigenvalue weighted by atomic mass is 10.00. The number of thiophene rings is 1. The highest BCUT2D eigenvalue weighted by Gasteiger charge is 2.21. The summed E-state index contributed by atoms with van der Waals surface area (Å²) in [6.45, 7) is 1.34. The smallest absolute Gasteiger partial charge is 0.262 e. The normalized spacial score (nSPS) is 14.0. The van der Waals surface area contributed by atoms with E-state index in [1.165, 1.54) is 33.4 Å². The van der Waals surface area contributed by atoms with E-state index in [4.69, 9.17) is 0 Å². The molecule has 23 heavy (non-hydrogen) atoms. The van der Waals surface area contributed by atoms with Gasteiger partial charge in [-0.05, 0) is 29.0 Å². The lowest BCUT2D eigenvalue weighted by Crippen LogP contribution is -2.39. The Kier molecular flexibility index (Phi) is 3.46. The van der Waals surface area contributed by atoms with Crippen molar-refractivity contribution in [3.8, 4) is 0 Å². The first-order valence-corrected chi connectivity index (χ1v) is 8.37. The number of hydrogen-bond acceptors (Lipinski definition) is 4.